The molecule has 0 saturated carbocycles. The zero-order valence-corrected chi connectivity index (χ0v) is 16.9. The highest BCUT2D eigenvalue weighted by Crippen LogP contribution is 2.32. The molecule has 2 aromatic rings. The van der Waals surface area contributed by atoms with E-state index in [1.165, 1.54) is 0 Å². The Hall–Kier alpha value is -2.94. The predicted octanol–water partition coefficient (Wildman–Crippen LogP) is 1.26. The van der Waals surface area contributed by atoms with E-state index in [2.05, 4.69) is 24.3 Å². The highest BCUT2D eigenvalue weighted by molar-refractivity contribution is 5.82. The molecule has 156 valence electrons. The Kier molecular flexibility index (Phi) is 6.48. The molecule has 0 spiro atoms. The van der Waals surface area contributed by atoms with E-state index in [1.807, 2.05) is 39.9 Å². The van der Waals surface area contributed by atoms with E-state index in [-0.39, 0.29) is 17.9 Å². The number of carbonyl (C=O) groups excluding carboxylic acids is 2. The molecule has 0 unspecified atom stereocenters. The number of nitrogens with zero attached hydrogens (tertiary/aromatic N) is 4. The van der Waals surface area contributed by atoms with Gasteiger partial charge in [0.25, 0.3) is 0 Å². The lowest BCUT2D eigenvalue weighted by atomic mass is 9.98. The van der Waals surface area contributed by atoms with Crippen LogP contribution in [0.2, 0.25) is 0 Å². The molecule has 2 atom stereocenters. The minimum absolute atomic E-state index is 0.0988. The van der Waals surface area contributed by atoms with Crippen LogP contribution in [0.1, 0.15) is 38.6 Å². The minimum Gasteiger partial charge on any atom is -0.352 e. The fourth-order valence-electron chi connectivity index (χ4n) is 3.70. The maximum atomic E-state index is 13.1. The molecule has 1 aromatic heterocycles. The summed E-state index contributed by atoms with van der Waals surface area (Å²) < 4.78 is 1.90. The second kappa shape index (κ2) is 9.04. The Labute approximate surface area is 170 Å². The maximum absolute atomic E-state index is 13.1. The molecule has 3 rings (SSSR count). The summed E-state index contributed by atoms with van der Waals surface area (Å²) in [5.74, 6) is 1.52. The van der Waals surface area contributed by atoms with Crippen LogP contribution in [0.4, 0.5) is 4.79 Å². The molecule has 0 fully saturated rings. The lowest BCUT2D eigenvalue weighted by Crippen LogP contribution is -2.51. The summed E-state index contributed by atoms with van der Waals surface area (Å²) >= 11 is 0. The Morgan fingerprint density at radius 1 is 1.24 bits per heavy atom. The lowest BCUT2D eigenvalue weighted by Gasteiger charge is -2.38. The van der Waals surface area contributed by atoms with Crippen LogP contribution in [0.3, 0.4) is 0 Å². The van der Waals surface area contributed by atoms with Crippen LogP contribution in [0.15, 0.2) is 30.3 Å². The van der Waals surface area contributed by atoms with Gasteiger partial charge in [-0.1, -0.05) is 44.2 Å². The first-order valence-corrected chi connectivity index (χ1v) is 9.98. The molecule has 1 aliphatic rings. The van der Waals surface area contributed by atoms with E-state index < -0.39 is 12.1 Å². The number of nitrogens with two attached hydrogens (primary N) is 2. The smallest absolute Gasteiger partial charge is 0.312 e. The summed E-state index contributed by atoms with van der Waals surface area (Å²) in [6.07, 6.45) is 1.06. The van der Waals surface area contributed by atoms with Gasteiger partial charge in [-0.2, -0.15) is 5.10 Å². The molecule has 2 heterocycles. The van der Waals surface area contributed by atoms with Crippen molar-refractivity contribution >= 4 is 11.9 Å². The molecule has 0 aliphatic carbocycles. The molecular weight excluding hydrogens is 370 g/mol. The summed E-state index contributed by atoms with van der Waals surface area (Å²) in [5, 5.41) is 7.17. The van der Waals surface area contributed by atoms with Crippen molar-refractivity contribution in [3.05, 3.63) is 36.2 Å². The van der Waals surface area contributed by atoms with Gasteiger partial charge in [-0.3, -0.25) is 4.79 Å². The van der Waals surface area contributed by atoms with Crippen molar-refractivity contribution in [2.24, 2.45) is 17.4 Å². The number of fused-ring (bicyclic) bond motifs is 1. The van der Waals surface area contributed by atoms with Gasteiger partial charge in [0.05, 0.1) is 18.6 Å². The molecule has 3 amide bonds. The van der Waals surface area contributed by atoms with Crippen molar-refractivity contribution in [1.82, 2.24) is 25.0 Å². The number of aromatic nitrogens is 3. The summed E-state index contributed by atoms with van der Waals surface area (Å²) in [5.41, 5.74) is 12.2. The molecule has 9 heteroatoms. The average molecular weight is 399 g/mol. The third-order valence-corrected chi connectivity index (χ3v) is 5.11. The number of amides is 3. The van der Waals surface area contributed by atoms with Gasteiger partial charge in [0, 0.05) is 18.7 Å². The third kappa shape index (κ3) is 4.73. The van der Waals surface area contributed by atoms with Gasteiger partial charge in [0.2, 0.25) is 5.91 Å². The van der Waals surface area contributed by atoms with Crippen molar-refractivity contribution in [3.8, 4) is 11.4 Å². The number of urea groups is 1. The number of rotatable bonds is 7. The largest absolute Gasteiger partial charge is 0.352 e. The van der Waals surface area contributed by atoms with Crippen LogP contribution in [0, 0.1) is 5.92 Å². The van der Waals surface area contributed by atoms with Crippen molar-refractivity contribution in [1.29, 1.82) is 0 Å². The Balaban J connectivity index is 1.75. The van der Waals surface area contributed by atoms with Crippen LogP contribution >= 0.6 is 0 Å². The van der Waals surface area contributed by atoms with Crippen molar-refractivity contribution in [2.75, 3.05) is 13.1 Å². The first-order chi connectivity index (χ1) is 13.9. The minimum atomic E-state index is -0.631. The van der Waals surface area contributed by atoms with Gasteiger partial charge in [0.1, 0.15) is 0 Å². The summed E-state index contributed by atoms with van der Waals surface area (Å²) in [6.45, 7) is 5.66. The lowest BCUT2D eigenvalue weighted by molar-refractivity contribution is -0.137. The first-order valence-electron chi connectivity index (χ1n) is 9.98. The standard InChI is InChI=1S/C20H29N7O2/c1-13(2)16-18-24-17(14-7-4-3-5-8-14)25-27(18)12-11-26(16)19(28)15(21)9-6-10-23-20(22)29/h3-5,7-8,13,15-16H,6,9-12,21H2,1-2H3,(H3,22,23,29)/t15-,16-/m0/s1. The number of benzene rings is 1. The fourth-order valence-corrected chi connectivity index (χ4v) is 3.70. The fraction of sp³-hybridized carbons (Fsp3) is 0.500. The Morgan fingerprint density at radius 3 is 2.62 bits per heavy atom. The number of nitrogens with one attached hydrogen (secondary N) is 1. The molecule has 0 saturated heterocycles. The highest BCUT2D eigenvalue weighted by atomic mass is 16.2. The van der Waals surface area contributed by atoms with Gasteiger partial charge < -0.3 is 21.7 Å². The quantitative estimate of drug-likeness (QED) is 0.603. The number of carbonyl (C=O) groups is 2. The second-order valence-corrected chi connectivity index (χ2v) is 7.64. The SMILES string of the molecule is CC(C)[C@H]1c2nc(-c3ccccc3)nn2CCN1C(=O)[C@@H](N)CCCNC(N)=O. The molecule has 9 nitrogen and oxygen atoms in total. The van der Waals surface area contributed by atoms with Crippen molar-refractivity contribution in [2.45, 2.75) is 45.3 Å². The van der Waals surface area contributed by atoms with Gasteiger partial charge in [-0.25, -0.2) is 14.5 Å². The number of hydrogen-bond acceptors (Lipinski definition) is 5. The van der Waals surface area contributed by atoms with Gasteiger partial charge in [-0.15, -0.1) is 0 Å². The summed E-state index contributed by atoms with van der Waals surface area (Å²) in [7, 11) is 0. The molecule has 0 bridgehead atoms. The van der Waals surface area contributed by atoms with E-state index in [0.717, 1.165) is 11.4 Å². The molecule has 0 radical (unpaired) electrons. The molecule has 1 aromatic carbocycles. The first kappa shape index (κ1) is 20.8. The van der Waals surface area contributed by atoms with E-state index in [9.17, 15) is 9.59 Å². The average Bonchev–Trinajstić information content (AvgIpc) is 3.14. The zero-order chi connectivity index (χ0) is 21.0. The Bertz CT molecular complexity index is 850. The van der Waals surface area contributed by atoms with E-state index >= 15 is 0 Å². The van der Waals surface area contributed by atoms with Gasteiger partial charge >= 0.3 is 6.03 Å². The van der Waals surface area contributed by atoms with E-state index in [1.54, 1.807) is 0 Å². The zero-order valence-electron chi connectivity index (χ0n) is 16.9. The normalized spacial score (nSPS) is 17.1. The van der Waals surface area contributed by atoms with Crippen molar-refractivity contribution < 1.29 is 9.59 Å². The van der Waals surface area contributed by atoms with Crippen LogP contribution in [-0.2, 0) is 11.3 Å². The van der Waals surface area contributed by atoms with Gasteiger partial charge in [0.15, 0.2) is 11.6 Å². The highest BCUT2D eigenvalue weighted by Gasteiger charge is 2.37. The number of hydrogen-bond donors (Lipinski definition) is 3. The maximum Gasteiger partial charge on any atom is 0.312 e. The topological polar surface area (TPSA) is 132 Å². The summed E-state index contributed by atoms with van der Waals surface area (Å²) in [4.78, 5) is 30.4. The summed E-state index contributed by atoms with van der Waals surface area (Å²) in [6, 6.07) is 8.43. The predicted molar refractivity (Wildman–Crippen MR) is 110 cm³/mol. The van der Waals surface area contributed by atoms with E-state index in [4.69, 9.17) is 16.5 Å². The third-order valence-electron chi connectivity index (χ3n) is 5.11. The second-order valence-electron chi connectivity index (χ2n) is 7.64. The number of primary amides is 1. The van der Waals surface area contributed by atoms with E-state index in [0.29, 0.717) is 38.3 Å². The van der Waals surface area contributed by atoms with Crippen LogP contribution in [0.5, 0.6) is 0 Å². The Morgan fingerprint density at radius 2 is 1.97 bits per heavy atom. The monoisotopic (exact) mass is 399 g/mol. The molecule has 1 aliphatic heterocycles. The molecular formula is C20H29N7O2. The van der Waals surface area contributed by atoms with Crippen molar-refractivity contribution in [3.63, 3.8) is 0 Å². The van der Waals surface area contributed by atoms with Crippen LogP contribution < -0.4 is 16.8 Å². The van der Waals surface area contributed by atoms with Crippen LogP contribution in [-0.4, -0.2) is 50.7 Å². The molecule has 5 N–H and O–H groups in total. The van der Waals surface area contributed by atoms with Crippen LogP contribution in [0.25, 0.3) is 11.4 Å². The molecule has 29 heavy (non-hydrogen) atoms. The van der Waals surface area contributed by atoms with Gasteiger partial charge in [-0.05, 0) is 18.8 Å².